The van der Waals surface area contributed by atoms with Gasteiger partial charge in [-0.05, 0) is 60.8 Å². The molecule has 0 atom stereocenters. The molecular weight excluding hydrogens is 278 g/mol. The molecule has 3 rings (SSSR count). The minimum Gasteiger partial charge on any atom is -0.496 e. The van der Waals surface area contributed by atoms with E-state index in [1.165, 1.54) is 0 Å². The lowest BCUT2D eigenvalue weighted by Gasteiger charge is -2.10. The highest BCUT2D eigenvalue weighted by Crippen LogP contribution is 2.35. The minimum atomic E-state index is 0.325. The Bertz CT molecular complexity index is 881. The number of benzene rings is 1. The van der Waals surface area contributed by atoms with Gasteiger partial charge >= 0.3 is 0 Å². The number of methoxy groups -OCH3 is 1. The van der Waals surface area contributed by atoms with Crippen molar-refractivity contribution in [3.63, 3.8) is 0 Å². The van der Waals surface area contributed by atoms with Gasteiger partial charge in [-0.3, -0.25) is 4.40 Å². The normalized spacial score (nSPS) is 10.9. The predicted molar refractivity (Wildman–Crippen MR) is 86.8 cm³/mol. The molecule has 0 aliphatic carbocycles. The molecule has 0 radical (unpaired) electrons. The van der Waals surface area contributed by atoms with Gasteiger partial charge in [-0.25, -0.2) is 4.98 Å². The van der Waals surface area contributed by atoms with E-state index in [1.54, 1.807) is 11.5 Å². The van der Waals surface area contributed by atoms with Gasteiger partial charge in [0.05, 0.1) is 7.11 Å². The standard InChI is InChI=1S/C17H17N3O2/c1-10-5-6-15-18-16(17(19-21)20(15)9-10)13-7-12(3)14(22-4)8-11(13)2/h5-9H,1-4H3. The van der Waals surface area contributed by atoms with Gasteiger partial charge in [0.25, 0.3) is 0 Å². The second kappa shape index (κ2) is 5.26. The molecule has 5 heteroatoms. The smallest absolute Gasteiger partial charge is 0.209 e. The second-order valence-electron chi connectivity index (χ2n) is 5.45. The molecule has 1 aromatic carbocycles. The first-order valence-corrected chi connectivity index (χ1v) is 7.03. The van der Waals surface area contributed by atoms with Crippen LogP contribution in [0, 0.1) is 25.7 Å². The summed E-state index contributed by atoms with van der Waals surface area (Å²) in [6.07, 6.45) is 1.87. The summed E-state index contributed by atoms with van der Waals surface area (Å²) in [5.74, 6) is 1.15. The Kier molecular flexibility index (Phi) is 3.41. The fourth-order valence-corrected chi connectivity index (χ4v) is 2.67. The van der Waals surface area contributed by atoms with Gasteiger partial charge in [0.1, 0.15) is 17.1 Å². The van der Waals surface area contributed by atoms with Crippen molar-refractivity contribution >= 4 is 11.5 Å². The Morgan fingerprint density at radius 1 is 1.14 bits per heavy atom. The molecule has 3 aromatic rings. The van der Waals surface area contributed by atoms with Crippen LogP contribution in [0.3, 0.4) is 0 Å². The third kappa shape index (κ3) is 2.15. The van der Waals surface area contributed by atoms with Gasteiger partial charge in [0.2, 0.25) is 5.82 Å². The highest BCUT2D eigenvalue weighted by molar-refractivity contribution is 5.77. The van der Waals surface area contributed by atoms with Gasteiger partial charge in [-0.2, -0.15) is 0 Å². The predicted octanol–water partition coefficient (Wildman–Crippen LogP) is 4.33. The molecular formula is C17H17N3O2. The second-order valence-corrected chi connectivity index (χ2v) is 5.45. The lowest BCUT2D eigenvalue weighted by atomic mass is 10.0. The van der Waals surface area contributed by atoms with Crippen LogP contribution in [0.15, 0.2) is 35.6 Å². The highest BCUT2D eigenvalue weighted by atomic mass is 16.5. The van der Waals surface area contributed by atoms with E-state index in [-0.39, 0.29) is 0 Å². The summed E-state index contributed by atoms with van der Waals surface area (Å²) in [4.78, 5) is 16.0. The van der Waals surface area contributed by atoms with Crippen molar-refractivity contribution in [3.8, 4) is 17.0 Å². The zero-order chi connectivity index (χ0) is 15.9. The number of ether oxygens (including phenoxy) is 1. The zero-order valence-electron chi connectivity index (χ0n) is 13.0. The molecule has 0 unspecified atom stereocenters. The van der Waals surface area contributed by atoms with Crippen molar-refractivity contribution in [2.45, 2.75) is 20.8 Å². The van der Waals surface area contributed by atoms with E-state index in [1.807, 2.05) is 51.2 Å². The number of nitroso groups, excluding NO2 is 1. The lowest BCUT2D eigenvalue weighted by molar-refractivity contribution is 0.411. The van der Waals surface area contributed by atoms with Crippen LogP contribution in [0.25, 0.3) is 16.9 Å². The summed E-state index contributed by atoms with van der Waals surface area (Å²) >= 11 is 0. The molecule has 0 saturated heterocycles. The maximum Gasteiger partial charge on any atom is 0.209 e. The monoisotopic (exact) mass is 295 g/mol. The molecule has 0 saturated carbocycles. The van der Waals surface area contributed by atoms with Gasteiger partial charge in [0.15, 0.2) is 0 Å². The van der Waals surface area contributed by atoms with E-state index in [4.69, 9.17) is 4.74 Å². The summed E-state index contributed by atoms with van der Waals surface area (Å²) in [5, 5.41) is 3.21. The number of imidazole rings is 1. The van der Waals surface area contributed by atoms with Gasteiger partial charge in [0, 0.05) is 11.8 Å². The van der Waals surface area contributed by atoms with Crippen molar-refractivity contribution in [1.29, 1.82) is 0 Å². The van der Waals surface area contributed by atoms with Gasteiger partial charge < -0.3 is 4.74 Å². The number of fused-ring (bicyclic) bond motifs is 1. The molecule has 2 heterocycles. The van der Waals surface area contributed by atoms with Crippen LogP contribution in [0.2, 0.25) is 0 Å². The molecule has 0 amide bonds. The molecule has 0 spiro atoms. The number of rotatable bonds is 3. The fourth-order valence-electron chi connectivity index (χ4n) is 2.67. The molecule has 0 fully saturated rings. The van der Waals surface area contributed by atoms with E-state index in [0.717, 1.165) is 28.0 Å². The van der Waals surface area contributed by atoms with E-state index < -0.39 is 0 Å². The molecule has 112 valence electrons. The molecule has 0 aliphatic rings. The van der Waals surface area contributed by atoms with E-state index in [9.17, 15) is 4.91 Å². The van der Waals surface area contributed by atoms with E-state index >= 15 is 0 Å². The summed E-state index contributed by atoms with van der Waals surface area (Å²) < 4.78 is 7.07. The SMILES string of the molecule is COc1cc(C)c(-c2nc3ccc(C)cn3c2N=O)cc1C. The molecule has 5 nitrogen and oxygen atoms in total. The number of pyridine rings is 1. The summed E-state index contributed by atoms with van der Waals surface area (Å²) in [6, 6.07) is 7.79. The first-order valence-electron chi connectivity index (χ1n) is 7.03. The maximum absolute atomic E-state index is 11.4. The summed E-state index contributed by atoms with van der Waals surface area (Å²) in [5.41, 5.74) is 5.24. The third-order valence-corrected chi connectivity index (χ3v) is 3.82. The molecule has 2 aromatic heterocycles. The topological polar surface area (TPSA) is 56.0 Å². The Balaban J connectivity index is 2.30. The van der Waals surface area contributed by atoms with Gasteiger partial charge in [-0.1, -0.05) is 6.07 Å². The number of hydrogen-bond donors (Lipinski definition) is 0. The lowest BCUT2D eigenvalue weighted by Crippen LogP contribution is -1.92. The van der Waals surface area contributed by atoms with Crippen molar-refractivity contribution in [1.82, 2.24) is 9.38 Å². The van der Waals surface area contributed by atoms with Crippen molar-refractivity contribution in [3.05, 3.63) is 52.1 Å². The highest BCUT2D eigenvalue weighted by Gasteiger charge is 2.18. The average molecular weight is 295 g/mol. The van der Waals surface area contributed by atoms with Crippen molar-refractivity contribution in [2.75, 3.05) is 7.11 Å². The molecule has 0 N–H and O–H groups in total. The van der Waals surface area contributed by atoms with Crippen molar-refractivity contribution in [2.24, 2.45) is 5.18 Å². The summed E-state index contributed by atoms with van der Waals surface area (Å²) in [7, 11) is 1.65. The minimum absolute atomic E-state index is 0.325. The number of nitrogens with zero attached hydrogens (tertiary/aromatic N) is 3. The molecule has 0 aliphatic heterocycles. The maximum atomic E-state index is 11.4. The molecule has 0 bridgehead atoms. The Morgan fingerprint density at radius 3 is 2.59 bits per heavy atom. The van der Waals surface area contributed by atoms with E-state index in [0.29, 0.717) is 17.2 Å². The van der Waals surface area contributed by atoms with Crippen LogP contribution >= 0.6 is 0 Å². The number of hydrogen-bond acceptors (Lipinski definition) is 4. The third-order valence-electron chi connectivity index (χ3n) is 3.82. The Hall–Kier alpha value is -2.69. The van der Waals surface area contributed by atoms with Crippen LogP contribution in [0.4, 0.5) is 5.82 Å². The average Bonchev–Trinajstić information content (AvgIpc) is 2.86. The number of aromatic nitrogens is 2. The van der Waals surface area contributed by atoms with Crippen LogP contribution in [0.5, 0.6) is 5.75 Å². The van der Waals surface area contributed by atoms with Crippen LogP contribution in [-0.2, 0) is 0 Å². The van der Waals surface area contributed by atoms with Crippen LogP contribution in [-0.4, -0.2) is 16.5 Å². The first kappa shape index (κ1) is 14.3. The summed E-state index contributed by atoms with van der Waals surface area (Å²) in [6.45, 7) is 5.91. The first-order chi connectivity index (χ1) is 10.5. The largest absolute Gasteiger partial charge is 0.496 e. The zero-order valence-corrected chi connectivity index (χ0v) is 13.0. The molecule has 22 heavy (non-hydrogen) atoms. The quantitative estimate of drug-likeness (QED) is 0.676. The van der Waals surface area contributed by atoms with Crippen LogP contribution in [0.1, 0.15) is 16.7 Å². The fraction of sp³-hybridized carbons (Fsp3) is 0.235. The van der Waals surface area contributed by atoms with Crippen molar-refractivity contribution < 1.29 is 4.74 Å². The van der Waals surface area contributed by atoms with E-state index in [2.05, 4.69) is 10.2 Å². The van der Waals surface area contributed by atoms with Crippen LogP contribution < -0.4 is 4.74 Å². The van der Waals surface area contributed by atoms with Gasteiger partial charge in [-0.15, -0.1) is 4.91 Å². The Labute approximate surface area is 128 Å². The Morgan fingerprint density at radius 2 is 1.91 bits per heavy atom. The number of aryl methyl sites for hydroxylation is 3.